The molecule has 2 nitrogen and oxygen atoms in total. The van der Waals surface area contributed by atoms with Crippen LogP contribution in [-0.4, -0.2) is 18.3 Å². The van der Waals surface area contributed by atoms with Crippen molar-refractivity contribution in [2.45, 2.75) is 13.3 Å². The first-order chi connectivity index (χ1) is 6.81. The van der Waals surface area contributed by atoms with Gasteiger partial charge in [0.15, 0.2) is 0 Å². The molecule has 0 radical (unpaired) electrons. The molecule has 2 rings (SSSR count). The first-order valence-electron chi connectivity index (χ1n) is 5.10. The van der Waals surface area contributed by atoms with E-state index in [-0.39, 0.29) is 0 Å². The number of hydrogen-bond donors (Lipinski definition) is 1. The summed E-state index contributed by atoms with van der Waals surface area (Å²) in [5, 5.41) is 8.87. The van der Waals surface area contributed by atoms with Gasteiger partial charge in [0, 0.05) is 6.61 Å². The highest BCUT2D eigenvalue weighted by molar-refractivity contribution is 5.31. The van der Waals surface area contributed by atoms with E-state index in [0.717, 1.165) is 18.8 Å². The summed E-state index contributed by atoms with van der Waals surface area (Å²) >= 11 is 0. The molecular weight excluding hydrogens is 176 g/mol. The average molecular weight is 192 g/mol. The molecule has 1 aliphatic carbocycles. The lowest BCUT2D eigenvalue weighted by molar-refractivity contribution is 0.242. The molecule has 14 heavy (non-hydrogen) atoms. The van der Waals surface area contributed by atoms with Crippen LogP contribution in [0.25, 0.3) is 0 Å². The van der Waals surface area contributed by atoms with E-state index >= 15 is 0 Å². The molecule has 0 heterocycles. The number of rotatable bonds is 4. The van der Waals surface area contributed by atoms with Crippen LogP contribution in [0.5, 0.6) is 5.75 Å². The predicted molar refractivity (Wildman–Crippen MR) is 55.4 cm³/mol. The average Bonchev–Trinajstić information content (AvgIpc) is 2.95. The maximum atomic E-state index is 8.87. The van der Waals surface area contributed by atoms with Crippen LogP contribution in [0.1, 0.15) is 12.0 Å². The van der Waals surface area contributed by atoms with Crippen LogP contribution in [0.3, 0.4) is 0 Å². The fourth-order valence-electron chi connectivity index (χ4n) is 1.65. The van der Waals surface area contributed by atoms with Crippen LogP contribution >= 0.6 is 0 Å². The lowest BCUT2D eigenvalue weighted by Crippen LogP contribution is -2.03. The first-order valence-corrected chi connectivity index (χ1v) is 5.10. The molecule has 0 aromatic heterocycles. The molecule has 0 bridgehead atoms. The Kier molecular flexibility index (Phi) is 2.73. The maximum absolute atomic E-state index is 8.87. The van der Waals surface area contributed by atoms with E-state index in [1.165, 1.54) is 5.56 Å². The van der Waals surface area contributed by atoms with Gasteiger partial charge in [0.05, 0.1) is 6.61 Å². The molecule has 76 valence electrons. The second-order valence-corrected chi connectivity index (χ2v) is 4.01. The summed E-state index contributed by atoms with van der Waals surface area (Å²) in [5.74, 6) is 2.02. The standard InChI is InChI=1S/C12H16O2/c1-9-4-2-3-5-12(9)14-8-11-6-10(11)7-13/h2-5,10-11,13H,6-8H2,1H3. The van der Waals surface area contributed by atoms with Crippen molar-refractivity contribution in [3.8, 4) is 5.75 Å². The van der Waals surface area contributed by atoms with Crippen molar-refractivity contribution in [3.63, 3.8) is 0 Å². The molecule has 2 unspecified atom stereocenters. The van der Waals surface area contributed by atoms with Gasteiger partial charge in [-0.25, -0.2) is 0 Å². The Labute approximate surface area is 84.5 Å². The maximum Gasteiger partial charge on any atom is 0.122 e. The highest BCUT2D eigenvalue weighted by Gasteiger charge is 2.36. The van der Waals surface area contributed by atoms with E-state index < -0.39 is 0 Å². The van der Waals surface area contributed by atoms with Crippen molar-refractivity contribution in [1.29, 1.82) is 0 Å². The fraction of sp³-hybridized carbons (Fsp3) is 0.500. The molecule has 0 saturated heterocycles. The minimum atomic E-state index is 0.307. The summed E-state index contributed by atoms with van der Waals surface area (Å²) in [7, 11) is 0. The minimum Gasteiger partial charge on any atom is -0.493 e. The molecule has 2 atom stereocenters. The quantitative estimate of drug-likeness (QED) is 0.790. The van der Waals surface area contributed by atoms with Crippen LogP contribution in [0.2, 0.25) is 0 Å². The second-order valence-electron chi connectivity index (χ2n) is 4.01. The number of hydrogen-bond acceptors (Lipinski definition) is 2. The molecule has 1 aromatic carbocycles. The highest BCUT2D eigenvalue weighted by Crippen LogP contribution is 2.38. The van der Waals surface area contributed by atoms with E-state index in [0.29, 0.717) is 18.4 Å². The molecule has 0 spiro atoms. The van der Waals surface area contributed by atoms with Crippen LogP contribution in [0, 0.1) is 18.8 Å². The van der Waals surface area contributed by atoms with Crippen molar-refractivity contribution in [2.24, 2.45) is 11.8 Å². The molecular formula is C12H16O2. The number of benzene rings is 1. The predicted octanol–water partition coefficient (Wildman–Crippen LogP) is 2.00. The van der Waals surface area contributed by atoms with E-state index in [1.54, 1.807) is 0 Å². The lowest BCUT2D eigenvalue weighted by atomic mass is 10.2. The molecule has 1 aliphatic rings. The summed E-state index contributed by atoms with van der Waals surface area (Å²) in [4.78, 5) is 0. The van der Waals surface area contributed by atoms with Crippen LogP contribution < -0.4 is 4.74 Å². The Hall–Kier alpha value is -1.02. The number of aliphatic hydroxyl groups excluding tert-OH is 1. The topological polar surface area (TPSA) is 29.5 Å². The van der Waals surface area contributed by atoms with Gasteiger partial charge in [-0.2, -0.15) is 0 Å². The summed E-state index contributed by atoms with van der Waals surface area (Å²) in [6.07, 6.45) is 1.11. The normalized spacial score (nSPS) is 24.7. The third-order valence-electron chi connectivity index (χ3n) is 2.85. The van der Waals surface area contributed by atoms with E-state index in [9.17, 15) is 0 Å². The van der Waals surface area contributed by atoms with Crippen molar-refractivity contribution >= 4 is 0 Å². The molecule has 0 aliphatic heterocycles. The van der Waals surface area contributed by atoms with Gasteiger partial charge in [-0.15, -0.1) is 0 Å². The molecule has 1 fully saturated rings. The molecule has 0 amide bonds. The van der Waals surface area contributed by atoms with E-state index in [4.69, 9.17) is 9.84 Å². The zero-order valence-corrected chi connectivity index (χ0v) is 8.44. The highest BCUT2D eigenvalue weighted by atomic mass is 16.5. The minimum absolute atomic E-state index is 0.307. The first kappa shape index (κ1) is 9.53. The number of aryl methyl sites for hydroxylation is 1. The van der Waals surface area contributed by atoms with Gasteiger partial charge in [0.25, 0.3) is 0 Å². The van der Waals surface area contributed by atoms with Gasteiger partial charge in [-0.3, -0.25) is 0 Å². The largest absolute Gasteiger partial charge is 0.493 e. The monoisotopic (exact) mass is 192 g/mol. The summed E-state index contributed by atoms with van der Waals surface area (Å²) < 4.78 is 5.68. The zero-order valence-electron chi connectivity index (χ0n) is 8.44. The molecule has 1 N–H and O–H groups in total. The molecule has 1 saturated carbocycles. The van der Waals surface area contributed by atoms with Crippen LogP contribution in [0.15, 0.2) is 24.3 Å². The van der Waals surface area contributed by atoms with Gasteiger partial charge < -0.3 is 9.84 Å². The van der Waals surface area contributed by atoms with Crippen LogP contribution in [0.4, 0.5) is 0 Å². The second kappa shape index (κ2) is 4.01. The van der Waals surface area contributed by atoms with Crippen molar-refractivity contribution in [3.05, 3.63) is 29.8 Å². The summed E-state index contributed by atoms with van der Waals surface area (Å²) in [6.45, 7) is 3.10. The van der Waals surface area contributed by atoms with Gasteiger partial charge in [-0.05, 0) is 36.8 Å². The molecule has 2 heteroatoms. The Morgan fingerprint density at radius 2 is 2.14 bits per heavy atom. The molecule has 1 aromatic rings. The van der Waals surface area contributed by atoms with Crippen LogP contribution in [-0.2, 0) is 0 Å². The Morgan fingerprint density at radius 3 is 2.79 bits per heavy atom. The number of aliphatic hydroxyl groups is 1. The van der Waals surface area contributed by atoms with Crippen molar-refractivity contribution in [2.75, 3.05) is 13.2 Å². The van der Waals surface area contributed by atoms with Crippen molar-refractivity contribution < 1.29 is 9.84 Å². The number of para-hydroxylation sites is 1. The Morgan fingerprint density at radius 1 is 1.36 bits per heavy atom. The smallest absolute Gasteiger partial charge is 0.122 e. The number of ether oxygens (including phenoxy) is 1. The summed E-state index contributed by atoms with van der Waals surface area (Å²) in [6, 6.07) is 8.03. The van der Waals surface area contributed by atoms with Gasteiger partial charge in [-0.1, -0.05) is 18.2 Å². The third-order valence-corrected chi connectivity index (χ3v) is 2.85. The third kappa shape index (κ3) is 2.07. The zero-order chi connectivity index (χ0) is 9.97. The van der Waals surface area contributed by atoms with Gasteiger partial charge in [0.2, 0.25) is 0 Å². The summed E-state index contributed by atoms with van der Waals surface area (Å²) in [5.41, 5.74) is 1.17. The fourth-order valence-corrected chi connectivity index (χ4v) is 1.65. The van der Waals surface area contributed by atoms with E-state index in [2.05, 4.69) is 0 Å². The lowest BCUT2D eigenvalue weighted by Gasteiger charge is -2.07. The van der Waals surface area contributed by atoms with Gasteiger partial charge in [0.1, 0.15) is 5.75 Å². The van der Waals surface area contributed by atoms with Gasteiger partial charge >= 0.3 is 0 Å². The Bertz CT molecular complexity index is 309. The van der Waals surface area contributed by atoms with Crippen molar-refractivity contribution in [1.82, 2.24) is 0 Å². The SMILES string of the molecule is Cc1ccccc1OCC1CC1CO. The van der Waals surface area contributed by atoms with E-state index in [1.807, 2.05) is 31.2 Å². The Balaban J connectivity index is 1.84.